The lowest BCUT2D eigenvalue weighted by Crippen LogP contribution is -2.29. The van der Waals surface area contributed by atoms with E-state index < -0.39 is 16.2 Å². The predicted molar refractivity (Wildman–Crippen MR) is 490 cm³/mol. The standard InChI is InChI=1S/C114H74F2N2O4/c1-3-71-42-54-83(55-43-71)120-85-58-46-73(47-59-85)113(75-21-17-23-77(116)65-75)97-31-11-5-25-87(97)91-61-49-79(67-101(91)113)118(105-35-19-39-109-111(105)95-29-9-15-37-107(95)122-109)81-51-63-93-89-27-7-13-33-99(89)114(103(93)69-81)98-32-12-6-26-88(98)92-62-50-80(68-102(92)114)117(104-34-18-38-108-110(104)94-28-8-14-36-106(94)121-108)78-48-60-90-86-24-4-10-30-96(86)112(100(90)66-78,74-20-16-22-76(115)64-74)72-44-56-84(57-45-72)119-82-52-40-70(2)41-53-82/h3-52,54-69,82H,1,53H2,2H3. The van der Waals surface area contributed by atoms with Crippen LogP contribution in [-0.2, 0) is 16.2 Å². The van der Waals surface area contributed by atoms with E-state index in [-0.39, 0.29) is 17.7 Å². The van der Waals surface area contributed by atoms with E-state index >= 15 is 8.78 Å². The first-order valence-electron chi connectivity index (χ1n) is 41.7. The smallest absolute Gasteiger partial charge is 0.137 e. The number of rotatable bonds is 15. The first-order valence-corrected chi connectivity index (χ1v) is 41.7. The molecule has 122 heavy (non-hydrogen) atoms. The Morgan fingerprint density at radius 3 is 1.11 bits per heavy atom. The quantitative estimate of drug-likeness (QED) is 0.102. The van der Waals surface area contributed by atoms with Crippen LogP contribution in [0.4, 0.5) is 42.9 Å². The van der Waals surface area contributed by atoms with E-state index in [0.717, 1.165) is 196 Å². The van der Waals surface area contributed by atoms with Gasteiger partial charge in [0.1, 0.15) is 57.3 Å². The molecule has 0 saturated carbocycles. The zero-order chi connectivity index (χ0) is 81.1. The third-order valence-electron chi connectivity index (χ3n) is 26.4. The van der Waals surface area contributed by atoms with Gasteiger partial charge in [0.05, 0.1) is 38.4 Å². The fourth-order valence-corrected chi connectivity index (χ4v) is 21.3. The molecule has 0 fully saturated rings. The molecule has 4 unspecified atom stereocenters. The van der Waals surface area contributed by atoms with Gasteiger partial charge in [-0.15, -0.1) is 0 Å². The van der Waals surface area contributed by atoms with Gasteiger partial charge in [-0.25, -0.2) is 8.78 Å². The van der Waals surface area contributed by atoms with Gasteiger partial charge in [0.2, 0.25) is 0 Å². The Balaban J connectivity index is 0.728. The minimum atomic E-state index is -1.03. The number of furan rings is 2. The van der Waals surface area contributed by atoms with E-state index in [1.54, 1.807) is 12.1 Å². The number of hydrogen-bond donors (Lipinski definition) is 0. The Bertz CT molecular complexity index is 7590. The van der Waals surface area contributed by atoms with Crippen molar-refractivity contribution < 1.29 is 27.1 Å². The third-order valence-corrected chi connectivity index (χ3v) is 26.4. The highest BCUT2D eigenvalue weighted by Gasteiger charge is 2.54. The lowest BCUT2D eigenvalue weighted by atomic mass is 9.67. The third kappa shape index (κ3) is 10.4. The van der Waals surface area contributed by atoms with Gasteiger partial charge in [-0.3, -0.25) is 0 Å². The predicted octanol–water partition coefficient (Wildman–Crippen LogP) is 29.9. The number of allylic oxidation sites excluding steroid dienone is 2. The monoisotopic (exact) mass is 1570 g/mol. The second kappa shape index (κ2) is 27.3. The number of para-hydroxylation sites is 2. The summed E-state index contributed by atoms with van der Waals surface area (Å²) in [6.45, 7) is 6.07. The van der Waals surface area contributed by atoms with Crippen molar-refractivity contribution in [3.63, 3.8) is 0 Å². The molecular formula is C114H74F2N2O4. The summed E-state index contributed by atoms with van der Waals surface area (Å²) in [6.07, 6.45) is 8.96. The average molecular weight is 1570 g/mol. The van der Waals surface area contributed by atoms with Crippen molar-refractivity contribution >= 4 is 84.1 Å². The van der Waals surface area contributed by atoms with Crippen LogP contribution in [0.3, 0.4) is 0 Å². The summed E-state index contributed by atoms with van der Waals surface area (Å²) in [5, 5.41) is 3.90. The summed E-state index contributed by atoms with van der Waals surface area (Å²) in [6, 6.07) is 132. The maximum atomic E-state index is 16.6. The molecule has 1 spiro atoms. The van der Waals surface area contributed by atoms with Crippen molar-refractivity contribution in [2.75, 3.05) is 9.80 Å². The van der Waals surface area contributed by atoms with Crippen molar-refractivity contribution in [2.24, 2.45) is 0 Å². The fraction of sp³-hybridized carbons (Fsp3) is 0.0526. The van der Waals surface area contributed by atoms with Crippen molar-refractivity contribution in [1.29, 1.82) is 0 Å². The first kappa shape index (κ1) is 70.8. The Morgan fingerprint density at radius 1 is 0.336 bits per heavy atom. The molecule has 24 rings (SSSR count). The van der Waals surface area contributed by atoms with Gasteiger partial charge < -0.3 is 28.1 Å². The van der Waals surface area contributed by atoms with Crippen molar-refractivity contribution in [1.82, 2.24) is 0 Å². The molecule has 5 aliphatic rings. The number of benzene rings is 17. The van der Waals surface area contributed by atoms with Crippen LogP contribution in [0.5, 0.6) is 17.2 Å². The van der Waals surface area contributed by atoms with Gasteiger partial charge in [-0.2, -0.15) is 0 Å². The second-order valence-corrected chi connectivity index (χ2v) is 32.7. The number of fused-ring (bicyclic) bond motifs is 22. The molecule has 0 aliphatic heterocycles. The van der Waals surface area contributed by atoms with Crippen molar-refractivity contribution in [3.8, 4) is 61.8 Å². The van der Waals surface area contributed by atoms with Crippen LogP contribution >= 0.6 is 0 Å². The van der Waals surface area contributed by atoms with Crippen LogP contribution < -0.4 is 19.3 Å². The van der Waals surface area contributed by atoms with E-state index in [4.69, 9.17) is 18.3 Å². The van der Waals surface area contributed by atoms with Crippen molar-refractivity contribution in [3.05, 3.63) is 490 Å². The van der Waals surface area contributed by atoms with E-state index in [1.807, 2.05) is 78.9 Å². The molecule has 5 aliphatic carbocycles. The highest BCUT2D eigenvalue weighted by atomic mass is 19.1. The number of nitrogens with zero attached hydrogens (tertiary/aromatic N) is 2. The minimum absolute atomic E-state index is 0.106. The molecule has 0 N–H and O–H groups in total. The maximum Gasteiger partial charge on any atom is 0.137 e. The first-order chi connectivity index (χ1) is 60.1. The second-order valence-electron chi connectivity index (χ2n) is 32.7. The summed E-state index contributed by atoms with van der Waals surface area (Å²) in [7, 11) is 0. The Labute approximate surface area is 704 Å². The average Bonchev–Trinajstić information content (AvgIpc) is 1.51. The van der Waals surface area contributed by atoms with Gasteiger partial charge in [0, 0.05) is 39.9 Å². The SMILES string of the molecule is C=Cc1ccc(Oc2ccc(C3(c4cccc(F)c4)c4ccccc4-c4ccc(N(c5ccc6c(c5)C5(c7ccccc7-6)c6ccccc6-c6ccc(N(c7ccc8c(c7)C(c7ccc(OC9C=CC(C)=CC9)cc7)(c7cccc(F)c7)c7ccccc7-8)c7cccc8oc9ccccc9c78)cc65)c5cccc6oc7ccccc7c56)cc43)cc2)cc1. The molecule has 578 valence electrons. The maximum absolute atomic E-state index is 16.6. The van der Waals surface area contributed by atoms with Crippen LogP contribution in [-0.4, -0.2) is 6.10 Å². The zero-order valence-corrected chi connectivity index (χ0v) is 66.4. The molecule has 2 aromatic heterocycles. The zero-order valence-electron chi connectivity index (χ0n) is 66.4. The van der Waals surface area contributed by atoms with Crippen LogP contribution in [0, 0.1) is 11.6 Å². The van der Waals surface area contributed by atoms with E-state index in [2.05, 4.69) is 321 Å². The Kier molecular flexibility index (Phi) is 15.9. The molecule has 0 bridgehead atoms. The molecular weight excluding hydrogens is 1500 g/mol. The largest absolute Gasteiger partial charge is 0.486 e. The molecule has 4 atom stereocenters. The number of ether oxygens (including phenoxy) is 2. The molecule has 8 heteroatoms. The lowest BCUT2D eigenvalue weighted by Gasteiger charge is -2.36. The van der Waals surface area contributed by atoms with Crippen LogP contribution in [0.2, 0.25) is 0 Å². The van der Waals surface area contributed by atoms with Gasteiger partial charge in [-0.05, 0) is 275 Å². The van der Waals surface area contributed by atoms with Gasteiger partial charge in [0.25, 0.3) is 0 Å². The number of halogens is 2. The van der Waals surface area contributed by atoms with E-state index in [1.165, 1.54) is 28.8 Å². The molecule has 19 aromatic rings. The number of anilines is 6. The van der Waals surface area contributed by atoms with Gasteiger partial charge in [-0.1, -0.05) is 261 Å². The molecule has 6 nitrogen and oxygen atoms in total. The molecule has 0 saturated heterocycles. The lowest BCUT2D eigenvalue weighted by molar-refractivity contribution is 0.251. The summed E-state index contributed by atoms with van der Waals surface area (Å²) < 4.78 is 60.1. The normalized spacial score (nSPS) is 17.2. The van der Waals surface area contributed by atoms with Gasteiger partial charge in [0.15, 0.2) is 0 Å². The molecule has 17 aromatic carbocycles. The Hall–Kier alpha value is -15.4. The minimum Gasteiger partial charge on any atom is -0.486 e. The van der Waals surface area contributed by atoms with E-state index in [9.17, 15) is 0 Å². The molecule has 2 heterocycles. The highest BCUT2D eigenvalue weighted by molar-refractivity contribution is 6.15. The van der Waals surface area contributed by atoms with E-state index in [0.29, 0.717) is 11.5 Å². The van der Waals surface area contributed by atoms with Crippen LogP contribution in [0.25, 0.3) is 94.5 Å². The topological polar surface area (TPSA) is 51.2 Å². The summed E-state index contributed by atoms with van der Waals surface area (Å²) in [4.78, 5) is 4.86. The van der Waals surface area contributed by atoms with Gasteiger partial charge >= 0.3 is 0 Å². The Morgan fingerprint density at radius 2 is 0.697 bits per heavy atom. The van der Waals surface area contributed by atoms with Crippen LogP contribution in [0.1, 0.15) is 85.7 Å². The van der Waals surface area contributed by atoms with Crippen LogP contribution in [0.15, 0.2) is 415 Å². The highest BCUT2D eigenvalue weighted by Crippen LogP contribution is 2.66. The summed E-state index contributed by atoms with van der Waals surface area (Å²) in [5.41, 5.74) is 28.8. The number of hydrogen-bond acceptors (Lipinski definition) is 6. The van der Waals surface area contributed by atoms with Crippen molar-refractivity contribution in [2.45, 2.75) is 35.7 Å². The fourth-order valence-electron chi connectivity index (χ4n) is 21.3. The molecule has 0 amide bonds. The summed E-state index contributed by atoms with van der Waals surface area (Å²) >= 11 is 0. The summed E-state index contributed by atoms with van der Waals surface area (Å²) in [5.74, 6) is 1.47. The molecule has 0 radical (unpaired) electrons.